The number of nitrogens with one attached hydrogen (secondary N) is 1. The fraction of sp³-hybridized carbons (Fsp3) is 0.154. The normalized spacial score (nSPS) is 13.7. The predicted molar refractivity (Wildman–Crippen MR) is 126 cm³/mol. The number of ether oxygens (including phenoxy) is 1. The fourth-order valence-electron chi connectivity index (χ4n) is 3.80. The van der Waals surface area contributed by atoms with Crippen LogP contribution < -0.4 is 10.1 Å². The summed E-state index contributed by atoms with van der Waals surface area (Å²) in [5.74, 6) is -0.0353. The first kappa shape index (κ1) is 21.7. The van der Waals surface area contributed by atoms with Gasteiger partial charge in [0.2, 0.25) is 0 Å². The number of imide groups is 1. The van der Waals surface area contributed by atoms with Crippen LogP contribution in [0.4, 0.5) is 5.69 Å². The third-order valence-corrected chi connectivity index (χ3v) is 5.83. The second-order valence-electron chi connectivity index (χ2n) is 7.71. The molecular weight excluding hydrogens is 424 g/mol. The zero-order valence-electron chi connectivity index (χ0n) is 18.1. The lowest BCUT2D eigenvalue weighted by atomic mass is 9.97. The van der Waals surface area contributed by atoms with Crippen LogP contribution >= 0.6 is 11.6 Å². The van der Waals surface area contributed by atoms with Crippen LogP contribution in [0.5, 0.6) is 5.75 Å². The van der Waals surface area contributed by atoms with Gasteiger partial charge in [-0.1, -0.05) is 53.6 Å². The van der Waals surface area contributed by atoms with Crippen molar-refractivity contribution in [1.82, 2.24) is 4.90 Å². The van der Waals surface area contributed by atoms with E-state index in [1.54, 1.807) is 37.4 Å². The SMILES string of the molecule is COc1ccc(NC2=C(c3ccc(C)cc3C)C(=O)N(Cc3ccccc3Cl)C2=O)cc1. The van der Waals surface area contributed by atoms with Gasteiger partial charge >= 0.3 is 0 Å². The Bertz CT molecular complexity index is 1230. The van der Waals surface area contributed by atoms with E-state index in [0.717, 1.165) is 16.7 Å². The molecular formula is C26H23ClN2O3. The number of hydrogen-bond donors (Lipinski definition) is 1. The molecule has 0 fully saturated rings. The molecule has 32 heavy (non-hydrogen) atoms. The average Bonchev–Trinajstić information content (AvgIpc) is 3.00. The van der Waals surface area contributed by atoms with Gasteiger partial charge in [0.25, 0.3) is 11.8 Å². The molecule has 0 radical (unpaired) electrons. The summed E-state index contributed by atoms with van der Waals surface area (Å²) in [7, 11) is 1.59. The molecule has 0 aliphatic carbocycles. The molecule has 0 unspecified atom stereocenters. The maximum Gasteiger partial charge on any atom is 0.278 e. The third-order valence-electron chi connectivity index (χ3n) is 5.46. The number of benzene rings is 3. The van der Waals surface area contributed by atoms with Gasteiger partial charge in [0.05, 0.1) is 19.2 Å². The van der Waals surface area contributed by atoms with Crippen molar-refractivity contribution in [1.29, 1.82) is 0 Å². The minimum Gasteiger partial charge on any atom is -0.497 e. The summed E-state index contributed by atoms with van der Waals surface area (Å²) in [6, 6.07) is 20.2. The van der Waals surface area contributed by atoms with Gasteiger partial charge < -0.3 is 10.1 Å². The standard InChI is InChI=1S/C26H23ClN2O3/c1-16-8-13-21(17(2)14-16)23-24(28-19-9-11-20(32-3)12-10-19)26(31)29(25(23)30)15-18-6-4-5-7-22(18)27/h4-14,28H,15H2,1-3H3. The largest absolute Gasteiger partial charge is 0.497 e. The molecule has 0 bridgehead atoms. The molecule has 162 valence electrons. The molecule has 4 rings (SSSR count). The molecule has 2 amide bonds. The Kier molecular flexibility index (Phi) is 6.01. The minimum absolute atomic E-state index is 0.0968. The minimum atomic E-state index is -0.388. The van der Waals surface area contributed by atoms with E-state index in [-0.39, 0.29) is 24.1 Å². The van der Waals surface area contributed by atoms with Crippen LogP contribution in [-0.4, -0.2) is 23.8 Å². The number of anilines is 1. The Labute approximate surface area is 192 Å². The zero-order chi connectivity index (χ0) is 22.8. The van der Waals surface area contributed by atoms with E-state index in [9.17, 15) is 9.59 Å². The lowest BCUT2D eigenvalue weighted by Gasteiger charge is -2.16. The van der Waals surface area contributed by atoms with Gasteiger partial charge in [0.15, 0.2) is 0 Å². The fourth-order valence-corrected chi connectivity index (χ4v) is 3.99. The molecule has 1 N–H and O–H groups in total. The number of carbonyl (C=O) groups is 2. The molecule has 0 aromatic heterocycles. The van der Waals surface area contributed by atoms with Gasteiger partial charge in [-0.2, -0.15) is 0 Å². The zero-order valence-corrected chi connectivity index (χ0v) is 18.9. The van der Waals surface area contributed by atoms with Crippen LogP contribution in [0, 0.1) is 13.8 Å². The number of aryl methyl sites for hydroxylation is 2. The van der Waals surface area contributed by atoms with Crippen molar-refractivity contribution in [3.63, 3.8) is 0 Å². The Morgan fingerprint density at radius 1 is 0.938 bits per heavy atom. The maximum atomic E-state index is 13.5. The van der Waals surface area contributed by atoms with Crippen LogP contribution in [0.2, 0.25) is 5.02 Å². The second-order valence-corrected chi connectivity index (χ2v) is 8.12. The van der Waals surface area contributed by atoms with Crippen LogP contribution in [0.1, 0.15) is 22.3 Å². The molecule has 3 aromatic rings. The molecule has 3 aromatic carbocycles. The van der Waals surface area contributed by atoms with Crippen molar-refractivity contribution in [2.24, 2.45) is 0 Å². The van der Waals surface area contributed by atoms with Gasteiger partial charge in [-0.25, -0.2) is 0 Å². The van der Waals surface area contributed by atoms with Crippen LogP contribution in [0.15, 0.2) is 72.4 Å². The van der Waals surface area contributed by atoms with Crippen LogP contribution in [0.25, 0.3) is 5.57 Å². The summed E-state index contributed by atoms with van der Waals surface area (Å²) in [6.07, 6.45) is 0. The van der Waals surface area contributed by atoms with Gasteiger partial charge in [0, 0.05) is 10.7 Å². The molecule has 0 spiro atoms. The highest BCUT2D eigenvalue weighted by molar-refractivity contribution is 6.37. The van der Waals surface area contributed by atoms with Crippen LogP contribution in [0.3, 0.4) is 0 Å². The first-order valence-corrected chi connectivity index (χ1v) is 10.6. The van der Waals surface area contributed by atoms with Crippen molar-refractivity contribution in [2.75, 3.05) is 12.4 Å². The topological polar surface area (TPSA) is 58.6 Å². The average molecular weight is 447 g/mol. The predicted octanol–water partition coefficient (Wildman–Crippen LogP) is 5.36. The highest BCUT2D eigenvalue weighted by Gasteiger charge is 2.39. The summed E-state index contributed by atoms with van der Waals surface area (Å²) in [5.41, 5.74) is 4.74. The second kappa shape index (κ2) is 8.89. The van der Waals surface area contributed by atoms with E-state index in [1.165, 1.54) is 4.90 Å². The number of amides is 2. The Morgan fingerprint density at radius 2 is 1.66 bits per heavy atom. The first-order valence-electron chi connectivity index (χ1n) is 10.2. The van der Waals surface area contributed by atoms with E-state index in [0.29, 0.717) is 27.6 Å². The van der Waals surface area contributed by atoms with Crippen molar-refractivity contribution in [3.8, 4) is 5.75 Å². The highest BCUT2D eigenvalue weighted by Crippen LogP contribution is 2.34. The van der Waals surface area contributed by atoms with Gasteiger partial charge in [-0.3, -0.25) is 14.5 Å². The lowest BCUT2D eigenvalue weighted by molar-refractivity contribution is -0.137. The maximum absolute atomic E-state index is 13.5. The molecule has 6 heteroatoms. The van der Waals surface area contributed by atoms with E-state index in [2.05, 4.69) is 5.32 Å². The van der Waals surface area contributed by atoms with Gasteiger partial charge in [0.1, 0.15) is 11.4 Å². The molecule has 0 saturated carbocycles. The third kappa shape index (κ3) is 4.12. The summed E-state index contributed by atoms with van der Waals surface area (Å²) in [4.78, 5) is 28.2. The summed E-state index contributed by atoms with van der Waals surface area (Å²) in [6.45, 7) is 4.03. The highest BCUT2D eigenvalue weighted by atomic mass is 35.5. The van der Waals surface area contributed by atoms with E-state index in [1.807, 2.05) is 50.2 Å². The Morgan fingerprint density at radius 3 is 2.31 bits per heavy atom. The van der Waals surface area contributed by atoms with Crippen LogP contribution in [-0.2, 0) is 16.1 Å². The Hall–Kier alpha value is -3.57. The monoisotopic (exact) mass is 446 g/mol. The molecule has 0 atom stereocenters. The number of rotatable bonds is 6. The van der Waals surface area contributed by atoms with E-state index in [4.69, 9.17) is 16.3 Å². The number of nitrogens with zero attached hydrogens (tertiary/aromatic N) is 1. The van der Waals surface area contributed by atoms with Crippen molar-refractivity contribution < 1.29 is 14.3 Å². The molecule has 1 heterocycles. The van der Waals surface area contributed by atoms with Crippen molar-refractivity contribution in [2.45, 2.75) is 20.4 Å². The molecule has 0 saturated heterocycles. The van der Waals surface area contributed by atoms with Crippen molar-refractivity contribution >= 4 is 34.7 Å². The number of carbonyl (C=O) groups excluding carboxylic acids is 2. The first-order chi connectivity index (χ1) is 15.4. The van der Waals surface area contributed by atoms with E-state index >= 15 is 0 Å². The molecule has 1 aliphatic heterocycles. The van der Waals surface area contributed by atoms with Gasteiger partial charge in [-0.05, 0) is 60.9 Å². The molecule has 1 aliphatic rings. The summed E-state index contributed by atoms with van der Waals surface area (Å²) in [5, 5.41) is 3.68. The summed E-state index contributed by atoms with van der Waals surface area (Å²) < 4.78 is 5.21. The van der Waals surface area contributed by atoms with E-state index < -0.39 is 0 Å². The number of hydrogen-bond acceptors (Lipinski definition) is 4. The van der Waals surface area contributed by atoms with Crippen molar-refractivity contribution in [3.05, 3.63) is 99.7 Å². The Balaban J connectivity index is 1.77. The van der Waals surface area contributed by atoms with Gasteiger partial charge in [-0.15, -0.1) is 0 Å². The number of halogens is 1. The molecule has 5 nitrogen and oxygen atoms in total. The summed E-state index contributed by atoms with van der Waals surface area (Å²) >= 11 is 6.30. The quantitative estimate of drug-likeness (QED) is 0.518. The smallest absolute Gasteiger partial charge is 0.278 e. The lowest BCUT2D eigenvalue weighted by Crippen LogP contribution is -2.32. The number of methoxy groups -OCH3 is 1.